The SMILES string of the molecule is Cl.O=C1N[C@H](c2ccccc2C(F)(F)F)CO1. The highest BCUT2D eigenvalue weighted by atomic mass is 35.5. The van der Waals surface area contributed by atoms with Crippen molar-refractivity contribution in [3.63, 3.8) is 0 Å². The van der Waals surface area contributed by atoms with Gasteiger partial charge in [-0.1, -0.05) is 18.2 Å². The van der Waals surface area contributed by atoms with Crippen LogP contribution in [0.25, 0.3) is 0 Å². The van der Waals surface area contributed by atoms with Crippen molar-refractivity contribution >= 4 is 18.5 Å². The maximum absolute atomic E-state index is 12.6. The molecule has 0 aliphatic carbocycles. The number of halogens is 4. The van der Waals surface area contributed by atoms with E-state index in [1.54, 1.807) is 0 Å². The molecule has 1 amide bonds. The zero-order chi connectivity index (χ0) is 11.8. The summed E-state index contributed by atoms with van der Waals surface area (Å²) in [6.45, 7) is -0.0775. The Labute approximate surface area is 101 Å². The van der Waals surface area contributed by atoms with Crippen LogP contribution in [0.4, 0.5) is 18.0 Å². The minimum atomic E-state index is -4.43. The zero-order valence-electron chi connectivity index (χ0n) is 8.45. The summed E-state index contributed by atoms with van der Waals surface area (Å²) in [6.07, 6.45) is -5.12. The number of carbonyl (C=O) groups is 1. The molecular weight excluding hydrogens is 259 g/mol. The molecule has 0 aromatic heterocycles. The topological polar surface area (TPSA) is 38.3 Å². The maximum atomic E-state index is 12.6. The van der Waals surface area contributed by atoms with E-state index in [1.165, 1.54) is 18.2 Å². The zero-order valence-corrected chi connectivity index (χ0v) is 9.27. The second-order valence-electron chi connectivity index (χ2n) is 3.38. The van der Waals surface area contributed by atoms with Crippen LogP contribution in [0.2, 0.25) is 0 Å². The molecule has 0 unspecified atom stereocenters. The van der Waals surface area contributed by atoms with Gasteiger partial charge in [0, 0.05) is 0 Å². The van der Waals surface area contributed by atoms with Crippen LogP contribution in [0.15, 0.2) is 24.3 Å². The summed E-state index contributed by atoms with van der Waals surface area (Å²) >= 11 is 0. The highest BCUT2D eigenvalue weighted by Gasteiger charge is 2.37. The molecular formula is C10H9ClF3NO2. The molecule has 1 atom stereocenters. The number of rotatable bonds is 1. The Morgan fingerprint density at radius 3 is 2.47 bits per heavy atom. The van der Waals surface area contributed by atoms with E-state index < -0.39 is 23.9 Å². The van der Waals surface area contributed by atoms with Crippen molar-refractivity contribution < 1.29 is 22.7 Å². The first-order chi connectivity index (χ1) is 7.48. The molecule has 1 aromatic carbocycles. The van der Waals surface area contributed by atoms with E-state index >= 15 is 0 Å². The van der Waals surface area contributed by atoms with Crippen LogP contribution < -0.4 is 5.32 Å². The van der Waals surface area contributed by atoms with E-state index in [0.29, 0.717) is 0 Å². The molecule has 0 spiro atoms. The van der Waals surface area contributed by atoms with Crippen molar-refractivity contribution in [2.45, 2.75) is 12.2 Å². The summed E-state index contributed by atoms with van der Waals surface area (Å²) in [5.41, 5.74) is -0.716. The van der Waals surface area contributed by atoms with E-state index in [9.17, 15) is 18.0 Å². The number of amides is 1. The standard InChI is InChI=1S/C10H8F3NO2.ClH/c11-10(12,13)7-4-2-1-3-6(7)8-5-16-9(15)14-8;/h1-4,8H,5H2,(H,14,15);1H/t8-;/m0./s1. The Hall–Kier alpha value is -1.43. The number of benzene rings is 1. The highest BCUT2D eigenvalue weighted by Crippen LogP contribution is 2.35. The predicted molar refractivity (Wildman–Crippen MR) is 55.9 cm³/mol. The number of alkyl halides is 3. The van der Waals surface area contributed by atoms with Crippen molar-refractivity contribution in [2.24, 2.45) is 0 Å². The molecule has 0 saturated carbocycles. The van der Waals surface area contributed by atoms with Gasteiger partial charge in [0.25, 0.3) is 0 Å². The average Bonchev–Trinajstić information content (AvgIpc) is 2.64. The first-order valence-electron chi connectivity index (χ1n) is 4.58. The van der Waals surface area contributed by atoms with E-state index in [-0.39, 0.29) is 24.6 Å². The van der Waals surface area contributed by atoms with E-state index in [4.69, 9.17) is 0 Å². The van der Waals surface area contributed by atoms with Crippen molar-refractivity contribution in [2.75, 3.05) is 6.61 Å². The first kappa shape index (κ1) is 13.6. The normalized spacial score (nSPS) is 19.2. The average molecular weight is 268 g/mol. The van der Waals surface area contributed by atoms with Gasteiger partial charge in [-0.3, -0.25) is 0 Å². The number of carbonyl (C=O) groups excluding carboxylic acids is 1. The van der Waals surface area contributed by atoms with Crippen LogP contribution in [0, 0.1) is 0 Å². The minimum absolute atomic E-state index is 0. The van der Waals surface area contributed by atoms with Crippen molar-refractivity contribution in [3.8, 4) is 0 Å². The molecule has 17 heavy (non-hydrogen) atoms. The molecule has 1 N–H and O–H groups in total. The molecule has 1 saturated heterocycles. The lowest BCUT2D eigenvalue weighted by Crippen LogP contribution is -2.21. The number of ether oxygens (including phenoxy) is 1. The molecule has 2 rings (SSSR count). The van der Waals surface area contributed by atoms with Crippen LogP contribution >= 0.6 is 12.4 Å². The largest absolute Gasteiger partial charge is 0.447 e. The van der Waals surface area contributed by atoms with Gasteiger partial charge in [0.1, 0.15) is 6.61 Å². The fourth-order valence-corrected chi connectivity index (χ4v) is 1.61. The van der Waals surface area contributed by atoms with Crippen LogP contribution in [-0.4, -0.2) is 12.7 Å². The molecule has 1 aliphatic rings. The maximum Gasteiger partial charge on any atom is 0.416 e. The molecule has 1 fully saturated rings. The van der Waals surface area contributed by atoms with Gasteiger partial charge >= 0.3 is 12.3 Å². The second kappa shape index (κ2) is 4.83. The van der Waals surface area contributed by atoms with Crippen LogP contribution in [0.3, 0.4) is 0 Å². The van der Waals surface area contributed by atoms with Crippen LogP contribution in [-0.2, 0) is 10.9 Å². The molecule has 0 radical (unpaired) electrons. The van der Waals surface area contributed by atoms with Gasteiger partial charge < -0.3 is 10.1 Å². The Balaban J connectivity index is 0.00000144. The van der Waals surface area contributed by atoms with Gasteiger partial charge in [-0.15, -0.1) is 12.4 Å². The third-order valence-electron chi connectivity index (χ3n) is 2.31. The van der Waals surface area contributed by atoms with Gasteiger partial charge in [0.2, 0.25) is 0 Å². The quantitative estimate of drug-likeness (QED) is 0.850. The predicted octanol–water partition coefficient (Wildman–Crippen LogP) is 2.91. The lowest BCUT2D eigenvalue weighted by atomic mass is 10.0. The van der Waals surface area contributed by atoms with Gasteiger partial charge in [-0.05, 0) is 11.6 Å². The third-order valence-corrected chi connectivity index (χ3v) is 2.31. The summed E-state index contributed by atoms with van der Waals surface area (Å²) in [5.74, 6) is 0. The molecule has 7 heteroatoms. The Morgan fingerprint density at radius 1 is 1.29 bits per heavy atom. The first-order valence-corrected chi connectivity index (χ1v) is 4.58. The third kappa shape index (κ3) is 2.82. The van der Waals surface area contributed by atoms with Crippen LogP contribution in [0.5, 0.6) is 0 Å². The number of alkyl carbamates (subject to hydrolysis) is 1. The van der Waals surface area contributed by atoms with Gasteiger partial charge in [0.15, 0.2) is 0 Å². The smallest absolute Gasteiger partial charge is 0.416 e. The monoisotopic (exact) mass is 267 g/mol. The Bertz CT molecular complexity index is 422. The molecule has 1 heterocycles. The van der Waals surface area contributed by atoms with E-state index in [0.717, 1.165) is 6.07 Å². The number of hydrogen-bond acceptors (Lipinski definition) is 2. The minimum Gasteiger partial charge on any atom is -0.447 e. The molecule has 3 nitrogen and oxygen atoms in total. The van der Waals surface area contributed by atoms with Gasteiger partial charge in [0.05, 0.1) is 11.6 Å². The summed E-state index contributed by atoms with van der Waals surface area (Å²) in [6, 6.07) is 4.40. The lowest BCUT2D eigenvalue weighted by molar-refractivity contribution is -0.138. The second-order valence-corrected chi connectivity index (χ2v) is 3.38. The summed E-state index contributed by atoms with van der Waals surface area (Å²) in [5, 5.41) is 2.32. The summed E-state index contributed by atoms with van der Waals surface area (Å²) in [4.78, 5) is 10.8. The number of hydrogen-bond donors (Lipinski definition) is 1. The fraction of sp³-hybridized carbons (Fsp3) is 0.300. The van der Waals surface area contributed by atoms with Gasteiger partial charge in [-0.2, -0.15) is 13.2 Å². The summed E-state index contributed by atoms with van der Waals surface area (Å²) in [7, 11) is 0. The Kier molecular flexibility index (Phi) is 3.87. The highest BCUT2D eigenvalue weighted by molar-refractivity contribution is 5.85. The lowest BCUT2D eigenvalue weighted by Gasteiger charge is -2.15. The Morgan fingerprint density at radius 2 is 1.94 bits per heavy atom. The number of nitrogens with one attached hydrogen (secondary N) is 1. The molecule has 94 valence electrons. The molecule has 1 aromatic rings. The van der Waals surface area contributed by atoms with Gasteiger partial charge in [-0.25, -0.2) is 4.79 Å². The van der Waals surface area contributed by atoms with Crippen LogP contribution in [0.1, 0.15) is 17.2 Å². The fourth-order valence-electron chi connectivity index (χ4n) is 1.61. The van der Waals surface area contributed by atoms with E-state index in [1.807, 2.05) is 0 Å². The van der Waals surface area contributed by atoms with E-state index in [2.05, 4.69) is 10.1 Å². The van der Waals surface area contributed by atoms with Crippen molar-refractivity contribution in [1.29, 1.82) is 0 Å². The van der Waals surface area contributed by atoms with Crippen molar-refractivity contribution in [1.82, 2.24) is 5.32 Å². The van der Waals surface area contributed by atoms with Crippen molar-refractivity contribution in [3.05, 3.63) is 35.4 Å². The number of cyclic esters (lactones) is 1. The molecule has 0 bridgehead atoms. The molecule has 1 aliphatic heterocycles. The summed E-state index contributed by atoms with van der Waals surface area (Å²) < 4.78 is 42.5.